The van der Waals surface area contributed by atoms with Crippen LogP contribution in [0, 0.1) is 0 Å². The van der Waals surface area contributed by atoms with E-state index in [0.29, 0.717) is 13.0 Å². The van der Waals surface area contributed by atoms with Crippen LogP contribution in [0.3, 0.4) is 0 Å². The molecule has 0 fully saturated rings. The first-order valence-corrected chi connectivity index (χ1v) is 25.0. The second kappa shape index (κ2) is 44.5. The van der Waals surface area contributed by atoms with Crippen molar-refractivity contribution in [3.05, 3.63) is 72.9 Å². The van der Waals surface area contributed by atoms with Gasteiger partial charge in [-0.1, -0.05) is 196 Å². The van der Waals surface area contributed by atoms with Gasteiger partial charge in [-0.25, -0.2) is 4.57 Å². The number of aliphatic carboxylic acids is 1. The lowest BCUT2D eigenvalue weighted by Gasteiger charge is -2.20. The molecule has 0 amide bonds. The number of phosphoric acid groups is 1. The summed E-state index contributed by atoms with van der Waals surface area (Å²) in [6, 6.07) is -1.48. The Hall–Kier alpha value is -2.59. The second-order valence-electron chi connectivity index (χ2n) is 15.5. The molecule has 11 heteroatoms. The Bertz CT molecular complexity index is 1230. The number of carbonyl (C=O) groups is 2. The molecule has 3 atom stereocenters. The van der Waals surface area contributed by atoms with Crippen molar-refractivity contribution in [1.82, 2.24) is 0 Å². The quantitative estimate of drug-likeness (QED) is 0.0233. The van der Waals surface area contributed by atoms with Crippen LogP contribution in [0.4, 0.5) is 0 Å². The van der Waals surface area contributed by atoms with Gasteiger partial charge in [0.1, 0.15) is 12.1 Å². The molecule has 60 heavy (non-hydrogen) atoms. The number of nitrogens with two attached hydrogens (primary N) is 1. The lowest BCUT2D eigenvalue weighted by molar-refractivity contribution is -0.154. The van der Waals surface area contributed by atoms with Crippen LogP contribution in [0.25, 0.3) is 0 Å². The summed E-state index contributed by atoms with van der Waals surface area (Å²) < 4.78 is 33.3. The molecule has 0 bridgehead atoms. The SMILES string of the molecule is CC/C=C\C/C=C\C/C=C\C/C=C\C/C=C\C/C=C\CCCOCC(COP(=O)(O)OCC(N)C(=O)O)OC(=O)CCCCCCCCCCCCCCCCCCCC. The van der Waals surface area contributed by atoms with Gasteiger partial charge in [0.05, 0.1) is 19.8 Å². The fourth-order valence-corrected chi connectivity index (χ4v) is 6.93. The zero-order chi connectivity index (χ0) is 44.0. The number of esters is 1. The lowest BCUT2D eigenvalue weighted by Crippen LogP contribution is -2.34. The van der Waals surface area contributed by atoms with Gasteiger partial charge in [-0.05, 0) is 57.8 Å². The molecule has 0 aromatic heterocycles. The fourth-order valence-electron chi connectivity index (χ4n) is 6.15. The Morgan fingerprint density at radius 2 is 0.950 bits per heavy atom. The van der Waals surface area contributed by atoms with Crippen LogP contribution < -0.4 is 5.73 Å². The second-order valence-corrected chi connectivity index (χ2v) is 17.0. The highest BCUT2D eigenvalue weighted by Gasteiger charge is 2.27. The zero-order valence-electron chi connectivity index (χ0n) is 37.8. The highest BCUT2D eigenvalue weighted by Crippen LogP contribution is 2.43. The Labute approximate surface area is 365 Å². The number of allylic oxidation sites excluding steroid dienone is 12. The van der Waals surface area contributed by atoms with Gasteiger partial charge in [-0.2, -0.15) is 0 Å². The van der Waals surface area contributed by atoms with Gasteiger partial charge in [0.25, 0.3) is 0 Å². The average molecular weight is 864 g/mol. The number of carboxylic acid groups (broad SMARTS) is 1. The Morgan fingerprint density at radius 1 is 0.550 bits per heavy atom. The maximum absolute atomic E-state index is 12.7. The molecular weight excluding hydrogens is 778 g/mol. The van der Waals surface area contributed by atoms with Crippen LogP contribution in [0.5, 0.6) is 0 Å². The summed E-state index contributed by atoms with van der Waals surface area (Å²) in [7, 11) is -4.64. The normalized spacial score (nSPS) is 14.5. The van der Waals surface area contributed by atoms with Crippen LogP contribution >= 0.6 is 7.82 Å². The minimum Gasteiger partial charge on any atom is -0.480 e. The van der Waals surface area contributed by atoms with Crippen molar-refractivity contribution in [1.29, 1.82) is 0 Å². The van der Waals surface area contributed by atoms with E-state index in [0.717, 1.165) is 70.6 Å². The van der Waals surface area contributed by atoms with Crippen molar-refractivity contribution < 1.29 is 42.7 Å². The largest absolute Gasteiger partial charge is 0.480 e. The molecule has 0 spiro atoms. The molecular formula is C49H86NO9P. The Morgan fingerprint density at radius 3 is 1.38 bits per heavy atom. The first kappa shape index (κ1) is 57.4. The molecule has 0 heterocycles. The third-order valence-electron chi connectivity index (χ3n) is 9.75. The number of carbonyl (C=O) groups excluding carboxylic acids is 1. The molecule has 346 valence electrons. The first-order chi connectivity index (χ1) is 29.2. The van der Waals surface area contributed by atoms with Crippen molar-refractivity contribution in [3.8, 4) is 0 Å². The summed E-state index contributed by atoms with van der Waals surface area (Å²) in [5, 5.41) is 8.91. The summed E-state index contributed by atoms with van der Waals surface area (Å²) in [5.41, 5.74) is 5.36. The predicted molar refractivity (Wildman–Crippen MR) is 249 cm³/mol. The number of phosphoric ester groups is 1. The lowest BCUT2D eigenvalue weighted by atomic mass is 10.0. The van der Waals surface area contributed by atoms with Crippen LogP contribution in [-0.4, -0.2) is 60.5 Å². The van der Waals surface area contributed by atoms with Gasteiger partial charge in [-0.3, -0.25) is 18.6 Å². The van der Waals surface area contributed by atoms with E-state index in [-0.39, 0.29) is 13.0 Å². The monoisotopic (exact) mass is 864 g/mol. The minimum atomic E-state index is -4.64. The van der Waals surface area contributed by atoms with Crippen LogP contribution in [-0.2, 0) is 32.7 Å². The van der Waals surface area contributed by atoms with Crippen molar-refractivity contribution >= 4 is 19.8 Å². The van der Waals surface area contributed by atoms with Crippen molar-refractivity contribution in [3.63, 3.8) is 0 Å². The smallest absolute Gasteiger partial charge is 0.472 e. The summed E-state index contributed by atoms with van der Waals surface area (Å²) >= 11 is 0. The van der Waals surface area contributed by atoms with E-state index < -0.39 is 45.1 Å². The number of carboxylic acids is 1. The third kappa shape index (κ3) is 43.5. The number of hydrogen-bond donors (Lipinski definition) is 3. The Balaban J connectivity index is 4.30. The van der Waals surface area contributed by atoms with Crippen LogP contribution in [0.1, 0.15) is 187 Å². The average Bonchev–Trinajstić information content (AvgIpc) is 3.23. The summed E-state index contributed by atoms with van der Waals surface area (Å²) in [6.45, 7) is 3.63. The summed E-state index contributed by atoms with van der Waals surface area (Å²) in [6.07, 6.45) is 55.4. The van der Waals surface area contributed by atoms with Crippen LogP contribution in [0.15, 0.2) is 72.9 Å². The van der Waals surface area contributed by atoms with Gasteiger partial charge >= 0.3 is 19.8 Å². The fraction of sp³-hybridized carbons (Fsp3) is 0.714. The van der Waals surface area contributed by atoms with Crippen molar-refractivity contribution in [2.24, 2.45) is 5.73 Å². The van der Waals surface area contributed by atoms with E-state index >= 15 is 0 Å². The molecule has 0 saturated heterocycles. The van der Waals surface area contributed by atoms with E-state index in [2.05, 4.69) is 86.8 Å². The first-order valence-electron chi connectivity index (χ1n) is 23.5. The molecule has 0 rings (SSSR count). The van der Waals surface area contributed by atoms with Crippen LogP contribution in [0.2, 0.25) is 0 Å². The standard InChI is InChI=1S/C49H86NO9P/c1-3-5-7-9-11-13-15-17-19-21-23-24-26-28-30-32-34-36-38-40-42-56-43-46(44-57-60(54,55)58-45-47(50)49(52)53)59-48(51)41-39-37-35-33-31-29-27-25-22-20-18-16-14-12-10-8-6-4-2/h5,7,11,13,17,19,23-24,28,30,34,36,46-47H,3-4,6,8-10,12,14-16,18,20-22,25-27,29,31-33,35,37-45,50H2,1-2H3,(H,52,53)(H,54,55)/b7-5-,13-11-,19-17-,24-23-,30-28-,36-34-. The summed E-state index contributed by atoms with van der Waals surface area (Å²) in [4.78, 5) is 33.6. The molecule has 0 aromatic carbocycles. The maximum Gasteiger partial charge on any atom is 0.472 e. The summed E-state index contributed by atoms with van der Waals surface area (Å²) in [5.74, 6) is -1.80. The van der Waals surface area contributed by atoms with Gasteiger partial charge in [0.2, 0.25) is 0 Å². The van der Waals surface area contributed by atoms with E-state index in [9.17, 15) is 19.0 Å². The molecule has 10 nitrogen and oxygen atoms in total. The maximum atomic E-state index is 12.7. The molecule has 0 aliphatic rings. The number of rotatable bonds is 44. The molecule has 0 saturated carbocycles. The third-order valence-corrected chi connectivity index (χ3v) is 10.7. The zero-order valence-corrected chi connectivity index (χ0v) is 38.7. The molecule has 3 unspecified atom stereocenters. The molecule has 4 N–H and O–H groups in total. The minimum absolute atomic E-state index is 0.0245. The Kier molecular flexibility index (Phi) is 42.5. The number of hydrogen-bond acceptors (Lipinski definition) is 8. The van der Waals surface area contributed by atoms with E-state index in [1.54, 1.807) is 0 Å². The number of ether oxygens (including phenoxy) is 2. The van der Waals surface area contributed by atoms with Crippen molar-refractivity contribution in [2.45, 2.75) is 199 Å². The van der Waals surface area contributed by atoms with Gasteiger partial charge in [-0.15, -0.1) is 0 Å². The van der Waals surface area contributed by atoms with Gasteiger partial charge < -0.3 is 25.2 Å². The van der Waals surface area contributed by atoms with E-state index in [1.807, 2.05) is 0 Å². The van der Waals surface area contributed by atoms with E-state index in [4.69, 9.17) is 29.4 Å². The van der Waals surface area contributed by atoms with E-state index in [1.165, 1.54) is 89.9 Å². The molecule has 0 aliphatic carbocycles. The van der Waals surface area contributed by atoms with Gasteiger partial charge in [0.15, 0.2) is 0 Å². The molecule has 0 aliphatic heterocycles. The molecule has 0 aromatic rings. The molecule has 0 radical (unpaired) electrons. The highest BCUT2D eigenvalue weighted by atomic mass is 31.2. The highest BCUT2D eigenvalue weighted by molar-refractivity contribution is 7.47. The van der Waals surface area contributed by atoms with Gasteiger partial charge in [0, 0.05) is 13.0 Å². The topological polar surface area (TPSA) is 155 Å². The predicted octanol–water partition coefficient (Wildman–Crippen LogP) is 13.4. The van der Waals surface area contributed by atoms with Crippen molar-refractivity contribution in [2.75, 3.05) is 26.4 Å². The number of unbranched alkanes of at least 4 members (excludes halogenated alkanes) is 18.